The van der Waals surface area contributed by atoms with Crippen molar-refractivity contribution in [3.05, 3.63) is 48.5 Å². The first kappa shape index (κ1) is 17.5. The SMILES string of the molecule is COc1ccc(NC(C)=O)cc1N[C@@H]1CC(=O)N(c2ccccc2)C1=O. The van der Waals surface area contributed by atoms with Crippen LogP contribution in [-0.2, 0) is 14.4 Å². The minimum Gasteiger partial charge on any atom is -0.495 e. The van der Waals surface area contributed by atoms with E-state index in [0.717, 1.165) is 0 Å². The molecule has 7 nitrogen and oxygen atoms in total. The molecule has 0 aromatic heterocycles. The normalized spacial score (nSPS) is 16.5. The van der Waals surface area contributed by atoms with E-state index in [1.165, 1.54) is 18.9 Å². The first-order chi connectivity index (χ1) is 12.5. The van der Waals surface area contributed by atoms with Crippen LogP contribution >= 0.6 is 0 Å². The van der Waals surface area contributed by atoms with Gasteiger partial charge in [-0.15, -0.1) is 0 Å². The van der Waals surface area contributed by atoms with Gasteiger partial charge < -0.3 is 15.4 Å². The summed E-state index contributed by atoms with van der Waals surface area (Å²) in [6.07, 6.45) is 0.0429. The van der Waals surface area contributed by atoms with Crippen LogP contribution < -0.4 is 20.3 Å². The zero-order chi connectivity index (χ0) is 18.7. The number of nitrogens with zero attached hydrogens (tertiary/aromatic N) is 1. The summed E-state index contributed by atoms with van der Waals surface area (Å²) in [6.45, 7) is 1.41. The van der Waals surface area contributed by atoms with Crippen molar-refractivity contribution < 1.29 is 19.1 Å². The molecule has 1 saturated heterocycles. The molecule has 2 aromatic carbocycles. The van der Waals surface area contributed by atoms with Gasteiger partial charge in [0.1, 0.15) is 11.8 Å². The number of nitrogens with one attached hydrogen (secondary N) is 2. The summed E-state index contributed by atoms with van der Waals surface area (Å²) in [5.41, 5.74) is 1.64. The number of hydrogen-bond donors (Lipinski definition) is 2. The van der Waals surface area contributed by atoms with E-state index in [4.69, 9.17) is 4.74 Å². The molecule has 26 heavy (non-hydrogen) atoms. The van der Waals surface area contributed by atoms with Crippen molar-refractivity contribution in [1.82, 2.24) is 0 Å². The maximum atomic E-state index is 12.7. The molecule has 0 spiro atoms. The molecule has 0 radical (unpaired) electrons. The van der Waals surface area contributed by atoms with Gasteiger partial charge in [-0.25, -0.2) is 4.90 Å². The maximum Gasteiger partial charge on any atom is 0.256 e. The number of amides is 3. The number of anilines is 3. The summed E-state index contributed by atoms with van der Waals surface area (Å²) in [5.74, 6) is -0.287. The quantitative estimate of drug-likeness (QED) is 0.806. The molecule has 0 unspecified atom stereocenters. The number of benzene rings is 2. The van der Waals surface area contributed by atoms with E-state index in [1.54, 1.807) is 42.5 Å². The summed E-state index contributed by atoms with van der Waals surface area (Å²) < 4.78 is 5.30. The van der Waals surface area contributed by atoms with E-state index in [0.29, 0.717) is 22.8 Å². The molecule has 0 bridgehead atoms. The molecule has 3 amide bonds. The van der Waals surface area contributed by atoms with Crippen molar-refractivity contribution in [2.24, 2.45) is 0 Å². The summed E-state index contributed by atoms with van der Waals surface area (Å²) in [4.78, 5) is 37.5. The molecule has 1 aliphatic rings. The van der Waals surface area contributed by atoms with Gasteiger partial charge in [0.2, 0.25) is 11.8 Å². The van der Waals surface area contributed by atoms with Crippen LogP contribution in [0.15, 0.2) is 48.5 Å². The van der Waals surface area contributed by atoms with Gasteiger partial charge in [0.05, 0.1) is 24.9 Å². The van der Waals surface area contributed by atoms with Crippen molar-refractivity contribution in [1.29, 1.82) is 0 Å². The van der Waals surface area contributed by atoms with Gasteiger partial charge in [0.25, 0.3) is 5.91 Å². The van der Waals surface area contributed by atoms with Crippen molar-refractivity contribution in [3.63, 3.8) is 0 Å². The largest absolute Gasteiger partial charge is 0.495 e. The van der Waals surface area contributed by atoms with Crippen LogP contribution in [0.3, 0.4) is 0 Å². The Labute approximate surface area is 150 Å². The number of rotatable bonds is 5. The molecule has 134 valence electrons. The third kappa shape index (κ3) is 3.51. The molecule has 3 rings (SSSR count). The average molecular weight is 353 g/mol. The topological polar surface area (TPSA) is 87.7 Å². The highest BCUT2D eigenvalue weighted by Crippen LogP contribution is 2.31. The number of hydrogen-bond acceptors (Lipinski definition) is 5. The fraction of sp³-hybridized carbons (Fsp3) is 0.211. The minimum atomic E-state index is -0.704. The van der Waals surface area contributed by atoms with Crippen molar-refractivity contribution in [3.8, 4) is 5.75 Å². The third-order valence-corrected chi connectivity index (χ3v) is 4.01. The molecule has 2 N–H and O–H groups in total. The fourth-order valence-electron chi connectivity index (χ4n) is 2.88. The Morgan fingerprint density at radius 1 is 1.15 bits per heavy atom. The fourth-order valence-corrected chi connectivity index (χ4v) is 2.88. The van der Waals surface area contributed by atoms with E-state index in [9.17, 15) is 14.4 Å². The van der Waals surface area contributed by atoms with E-state index in [2.05, 4.69) is 10.6 Å². The predicted octanol–water partition coefficient (Wildman–Crippen LogP) is 2.40. The molecule has 1 aliphatic heterocycles. The smallest absolute Gasteiger partial charge is 0.256 e. The Hall–Kier alpha value is -3.35. The highest BCUT2D eigenvalue weighted by Gasteiger charge is 2.39. The lowest BCUT2D eigenvalue weighted by molar-refractivity contribution is -0.121. The number of methoxy groups -OCH3 is 1. The monoisotopic (exact) mass is 353 g/mol. The van der Waals surface area contributed by atoms with Crippen molar-refractivity contribution >= 4 is 34.8 Å². The summed E-state index contributed by atoms with van der Waals surface area (Å²) >= 11 is 0. The summed E-state index contributed by atoms with van der Waals surface area (Å²) in [6, 6.07) is 13.2. The van der Waals surface area contributed by atoms with Gasteiger partial charge in [-0.2, -0.15) is 0 Å². The van der Waals surface area contributed by atoms with E-state index in [1.807, 2.05) is 6.07 Å². The molecule has 1 heterocycles. The average Bonchev–Trinajstić information content (AvgIpc) is 2.89. The zero-order valence-electron chi connectivity index (χ0n) is 14.5. The number of carbonyl (C=O) groups is 3. The van der Waals surface area contributed by atoms with Crippen LogP contribution in [0, 0.1) is 0 Å². The second-order valence-electron chi connectivity index (χ2n) is 5.90. The van der Waals surface area contributed by atoms with Gasteiger partial charge >= 0.3 is 0 Å². The van der Waals surface area contributed by atoms with Crippen LogP contribution in [0.2, 0.25) is 0 Å². The number of imide groups is 1. The van der Waals surface area contributed by atoms with Crippen LogP contribution in [0.4, 0.5) is 17.1 Å². The maximum absolute atomic E-state index is 12.7. The second-order valence-corrected chi connectivity index (χ2v) is 5.90. The number of para-hydroxylation sites is 1. The second kappa shape index (κ2) is 7.26. The van der Waals surface area contributed by atoms with Gasteiger partial charge in [0.15, 0.2) is 0 Å². The number of carbonyl (C=O) groups excluding carboxylic acids is 3. The number of ether oxygens (including phenoxy) is 1. The van der Waals surface area contributed by atoms with Gasteiger partial charge in [0, 0.05) is 12.6 Å². The van der Waals surface area contributed by atoms with Gasteiger partial charge in [-0.05, 0) is 30.3 Å². The molecule has 7 heteroatoms. The first-order valence-corrected chi connectivity index (χ1v) is 8.13. The highest BCUT2D eigenvalue weighted by atomic mass is 16.5. The highest BCUT2D eigenvalue weighted by molar-refractivity contribution is 6.23. The molecule has 2 aromatic rings. The zero-order valence-corrected chi connectivity index (χ0v) is 14.5. The Bertz CT molecular complexity index is 851. The van der Waals surface area contributed by atoms with Gasteiger partial charge in [-0.3, -0.25) is 14.4 Å². The molecule has 1 atom stereocenters. The Kier molecular flexibility index (Phi) is 4.88. The van der Waals surface area contributed by atoms with Crippen molar-refractivity contribution in [2.45, 2.75) is 19.4 Å². The van der Waals surface area contributed by atoms with Crippen molar-refractivity contribution in [2.75, 3.05) is 22.6 Å². The molecular formula is C19H19N3O4. The lowest BCUT2D eigenvalue weighted by Crippen LogP contribution is -2.34. The Morgan fingerprint density at radius 2 is 1.88 bits per heavy atom. The summed E-state index contributed by atoms with van der Waals surface area (Å²) in [7, 11) is 1.51. The third-order valence-electron chi connectivity index (χ3n) is 4.01. The van der Waals surface area contributed by atoms with Crippen LogP contribution in [0.5, 0.6) is 5.75 Å². The Morgan fingerprint density at radius 3 is 2.54 bits per heavy atom. The van der Waals surface area contributed by atoms with Gasteiger partial charge in [-0.1, -0.05) is 18.2 Å². The summed E-state index contributed by atoms with van der Waals surface area (Å²) in [5, 5.41) is 5.74. The molecule has 1 fully saturated rings. The van der Waals surface area contributed by atoms with Crippen LogP contribution in [0.25, 0.3) is 0 Å². The predicted molar refractivity (Wildman–Crippen MR) is 98.3 cm³/mol. The lowest BCUT2D eigenvalue weighted by atomic mass is 10.2. The Balaban J connectivity index is 1.84. The molecule has 0 saturated carbocycles. The van der Waals surface area contributed by atoms with E-state index in [-0.39, 0.29) is 24.1 Å². The molecule has 0 aliphatic carbocycles. The first-order valence-electron chi connectivity index (χ1n) is 8.13. The van der Waals surface area contributed by atoms with E-state index >= 15 is 0 Å². The standard InChI is InChI=1S/C19H19N3O4/c1-12(23)20-13-8-9-17(26-2)15(10-13)21-16-11-18(24)22(19(16)25)14-6-4-3-5-7-14/h3-10,16,21H,11H2,1-2H3,(H,20,23)/t16-/m1/s1. The minimum absolute atomic E-state index is 0.0429. The van der Waals surface area contributed by atoms with E-state index < -0.39 is 6.04 Å². The molecular weight excluding hydrogens is 334 g/mol. The van der Waals surface area contributed by atoms with Crippen LogP contribution in [0.1, 0.15) is 13.3 Å². The van der Waals surface area contributed by atoms with Crippen LogP contribution in [-0.4, -0.2) is 30.9 Å². The lowest BCUT2D eigenvalue weighted by Gasteiger charge is -2.18.